The van der Waals surface area contributed by atoms with E-state index in [2.05, 4.69) is 5.32 Å². The minimum Gasteiger partial charge on any atom is -0.483 e. The maximum absolute atomic E-state index is 11.6. The Bertz CT molecular complexity index is 428. The SMILES string of the molecule is Cc1cccc(CN)c1OCC(=O)NCC1CC1. The molecule has 0 heterocycles. The fourth-order valence-electron chi connectivity index (χ4n) is 1.85. The van der Waals surface area contributed by atoms with E-state index < -0.39 is 0 Å². The normalized spacial score (nSPS) is 14.3. The molecule has 0 bridgehead atoms. The van der Waals surface area contributed by atoms with Gasteiger partial charge in [-0.1, -0.05) is 18.2 Å². The molecule has 1 amide bonds. The third-order valence-electron chi connectivity index (χ3n) is 3.15. The first-order chi connectivity index (χ1) is 8.70. The molecule has 3 N–H and O–H groups in total. The molecule has 1 saturated carbocycles. The van der Waals surface area contributed by atoms with Crippen molar-refractivity contribution in [1.29, 1.82) is 0 Å². The summed E-state index contributed by atoms with van der Waals surface area (Å²) in [5, 5.41) is 2.88. The summed E-state index contributed by atoms with van der Waals surface area (Å²) in [6.45, 7) is 3.21. The maximum Gasteiger partial charge on any atom is 0.257 e. The van der Waals surface area contributed by atoms with Crippen LogP contribution in [0.5, 0.6) is 5.75 Å². The second-order valence-electron chi connectivity index (χ2n) is 4.80. The van der Waals surface area contributed by atoms with Crippen molar-refractivity contribution >= 4 is 5.91 Å². The Morgan fingerprint density at radius 2 is 2.28 bits per heavy atom. The number of hydrogen-bond donors (Lipinski definition) is 2. The Balaban J connectivity index is 1.86. The summed E-state index contributed by atoms with van der Waals surface area (Å²) >= 11 is 0. The van der Waals surface area contributed by atoms with Gasteiger partial charge < -0.3 is 15.8 Å². The lowest BCUT2D eigenvalue weighted by Crippen LogP contribution is -2.30. The van der Waals surface area contributed by atoms with Gasteiger partial charge in [-0.3, -0.25) is 4.79 Å². The molecule has 0 aliphatic heterocycles. The molecule has 0 saturated heterocycles. The van der Waals surface area contributed by atoms with Crippen molar-refractivity contribution in [1.82, 2.24) is 5.32 Å². The Hall–Kier alpha value is -1.55. The van der Waals surface area contributed by atoms with Gasteiger partial charge in [0, 0.05) is 18.7 Å². The molecule has 2 rings (SSSR count). The van der Waals surface area contributed by atoms with Crippen molar-refractivity contribution in [2.75, 3.05) is 13.2 Å². The smallest absolute Gasteiger partial charge is 0.257 e. The van der Waals surface area contributed by atoms with E-state index >= 15 is 0 Å². The van der Waals surface area contributed by atoms with Crippen LogP contribution in [0.1, 0.15) is 24.0 Å². The van der Waals surface area contributed by atoms with Gasteiger partial charge in [-0.15, -0.1) is 0 Å². The van der Waals surface area contributed by atoms with Crippen molar-refractivity contribution in [3.8, 4) is 5.75 Å². The van der Waals surface area contributed by atoms with Crippen molar-refractivity contribution in [2.45, 2.75) is 26.3 Å². The number of carbonyl (C=O) groups is 1. The summed E-state index contributed by atoms with van der Waals surface area (Å²) in [4.78, 5) is 11.6. The minimum absolute atomic E-state index is 0.0601. The number of amides is 1. The summed E-state index contributed by atoms with van der Waals surface area (Å²) in [6.07, 6.45) is 2.46. The first-order valence-electron chi connectivity index (χ1n) is 6.38. The molecule has 1 aliphatic rings. The van der Waals surface area contributed by atoms with Crippen LogP contribution < -0.4 is 15.8 Å². The molecule has 0 atom stereocenters. The van der Waals surface area contributed by atoms with Crippen LogP contribution in [0, 0.1) is 12.8 Å². The Labute approximate surface area is 108 Å². The predicted octanol–water partition coefficient (Wildman–Crippen LogP) is 1.36. The highest BCUT2D eigenvalue weighted by atomic mass is 16.5. The summed E-state index contributed by atoms with van der Waals surface area (Å²) < 4.78 is 5.58. The average Bonchev–Trinajstić information content (AvgIpc) is 3.18. The molecule has 0 aromatic heterocycles. The molecular formula is C14H20N2O2. The Kier molecular flexibility index (Phi) is 4.20. The van der Waals surface area contributed by atoms with E-state index in [0.717, 1.165) is 23.4 Å². The number of ether oxygens (including phenoxy) is 1. The molecule has 4 nitrogen and oxygen atoms in total. The van der Waals surface area contributed by atoms with E-state index in [-0.39, 0.29) is 12.5 Å². The summed E-state index contributed by atoms with van der Waals surface area (Å²) in [5.41, 5.74) is 7.59. The molecule has 0 unspecified atom stereocenters. The number of aryl methyl sites for hydroxylation is 1. The third-order valence-corrected chi connectivity index (χ3v) is 3.15. The lowest BCUT2D eigenvalue weighted by molar-refractivity contribution is -0.123. The molecule has 18 heavy (non-hydrogen) atoms. The van der Waals surface area contributed by atoms with Crippen LogP contribution in [0.2, 0.25) is 0 Å². The second kappa shape index (κ2) is 5.87. The first-order valence-corrected chi connectivity index (χ1v) is 6.38. The van der Waals surface area contributed by atoms with Gasteiger partial charge in [0.2, 0.25) is 0 Å². The summed E-state index contributed by atoms with van der Waals surface area (Å²) in [7, 11) is 0. The van der Waals surface area contributed by atoms with Crippen LogP contribution in [0.15, 0.2) is 18.2 Å². The lowest BCUT2D eigenvalue weighted by atomic mass is 10.1. The standard InChI is InChI=1S/C14H20N2O2/c1-10-3-2-4-12(7-15)14(10)18-9-13(17)16-8-11-5-6-11/h2-4,11H,5-9,15H2,1H3,(H,16,17). The average molecular weight is 248 g/mol. The first kappa shape index (κ1) is 12.9. The topological polar surface area (TPSA) is 64.3 Å². The zero-order valence-electron chi connectivity index (χ0n) is 10.7. The van der Waals surface area contributed by atoms with E-state index in [0.29, 0.717) is 12.5 Å². The van der Waals surface area contributed by atoms with Crippen LogP contribution in [0.25, 0.3) is 0 Å². The fraction of sp³-hybridized carbons (Fsp3) is 0.500. The molecule has 98 valence electrons. The number of nitrogens with one attached hydrogen (secondary N) is 1. The molecular weight excluding hydrogens is 228 g/mol. The molecule has 0 spiro atoms. The van der Waals surface area contributed by atoms with Gasteiger partial charge in [0.15, 0.2) is 6.61 Å². The molecule has 1 fully saturated rings. The van der Waals surface area contributed by atoms with E-state index in [9.17, 15) is 4.79 Å². The molecule has 1 aromatic rings. The Morgan fingerprint density at radius 1 is 1.50 bits per heavy atom. The molecule has 4 heteroatoms. The number of benzene rings is 1. The minimum atomic E-state index is -0.0619. The maximum atomic E-state index is 11.6. The molecule has 0 radical (unpaired) electrons. The van der Waals surface area contributed by atoms with Gasteiger partial charge in [0.05, 0.1) is 0 Å². The van der Waals surface area contributed by atoms with Crippen molar-refractivity contribution < 1.29 is 9.53 Å². The fourth-order valence-corrected chi connectivity index (χ4v) is 1.85. The zero-order chi connectivity index (χ0) is 13.0. The van der Waals surface area contributed by atoms with E-state index in [1.165, 1.54) is 12.8 Å². The number of rotatable bonds is 6. The second-order valence-corrected chi connectivity index (χ2v) is 4.80. The van der Waals surface area contributed by atoms with Crippen LogP contribution >= 0.6 is 0 Å². The molecule has 1 aromatic carbocycles. The van der Waals surface area contributed by atoms with Crippen LogP contribution in [0.4, 0.5) is 0 Å². The quantitative estimate of drug-likeness (QED) is 0.799. The zero-order valence-corrected chi connectivity index (χ0v) is 10.7. The van der Waals surface area contributed by atoms with E-state index in [1.54, 1.807) is 0 Å². The molecule has 1 aliphatic carbocycles. The highest BCUT2D eigenvalue weighted by molar-refractivity contribution is 5.77. The van der Waals surface area contributed by atoms with Gasteiger partial charge in [-0.2, -0.15) is 0 Å². The van der Waals surface area contributed by atoms with Crippen LogP contribution in [-0.2, 0) is 11.3 Å². The Morgan fingerprint density at radius 3 is 2.94 bits per heavy atom. The van der Waals surface area contributed by atoms with Crippen molar-refractivity contribution in [3.05, 3.63) is 29.3 Å². The van der Waals surface area contributed by atoms with Gasteiger partial charge in [-0.05, 0) is 31.2 Å². The highest BCUT2D eigenvalue weighted by Crippen LogP contribution is 2.27. The summed E-state index contributed by atoms with van der Waals surface area (Å²) in [6, 6.07) is 5.82. The number of para-hydroxylation sites is 1. The van der Waals surface area contributed by atoms with Gasteiger partial charge >= 0.3 is 0 Å². The van der Waals surface area contributed by atoms with Crippen LogP contribution in [-0.4, -0.2) is 19.1 Å². The lowest BCUT2D eigenvalue weighted by Gasteiger charge is -2.13. The van der Waals surface area contributed by atoms with Gasteiger partial charge in [0.1, 0.15) is 5.75 Å². The van der Waals surface area contributed by atoms with Gasteiger partial charge in [-0.25, -0.2) is 0 Å². The van der Waals surface area contributed by atoms with Crippen molar-refractivity contribution in [3.63, 3.8) is 0 Å². The number of hydrogen-bond acceptors (Lipinski definition) is 3. The number of nitrogens with two attached hydrogens (primary N) is 1. The number of carbonyl (C=O) groups excluding carboxylic acids is 1. The monoisotopic (exact) mass is 248 g/mol. The predicted molar refractivity (Wildman–Crippen MR) is 70.3 cm³/mol. The third kappa shape index (κ3) is 3.47. The van der Waals surface area contributed by atoms with Crippen molar-refractivity contribution in [2.24, 2.45) is 11.7 Å². The highest BCUT2D eigenvalue weighted by Gasteiger charge is 2.21. The largest absolute Gasteiger partial charge is 0.483 e. The van der Waals surface area contributed by atoms with E-state index in [1.807, 2.05) is 25.1 Å². The van der Waals surface area contributed by atoms with Gasteiger partial charge in [0.25, 0.3) is 5.91 Å². The van der Waals surface area contributed by atoms with E-state index in [4.69, 9.17) is 10.5 Å². The summed E-state index contributed by atoms with van der Waals surface area (Å²) in [5.74, 6) is 1.36. The van der Waals surface area contributed by atoms with Crippen LogP contribution in [0.3, 0.4) is 0 Å².